The van der Waals surface area contributed by atoms with Gasteiger partial charge in [0.2, 0.25) is 5.91 Å². The Labute approximate surface area is 131 Å². The van der Waals surface area contributed by atoms with Crippen LogP contribution in [0.5, 0.6) is 0 Å². The van der Waals surface area contributed by atoms with Gasteiger partial charge >= 0.3 is 5.97 Å². The normalized spacial score (nSPS) is 18.5. The second-order valence-corrected chi connectivity index (χ2v) is 5.29. The minimum atomic E-state index is -1.12. The third-order valence-electron chi connectivity index (χ3n) is 3.13. The average molecular weight is 329 g/mol. The van der Waals surface area contributed by atoms with Crippen molar-refractivity contribution in [2.45, 2.75) is 31.9 Å². The molecule has 0 aromatic heterocycles. The highest BCUT2D eigenvalue weighted by atomic mass is 35.5. The first-order valence-electron chi connectivity index (χ1n) is 6.62. The van der Waals surface area contributed by atoms with Crippen molar-refractivity contribution in [2.75, 3.05) is 5.32 Å². The summed E-state index contributed by atoms with van der Waals surface area (Å²) in [6.07, 6.45) is -0.547. The van der Waals surface area contributed by atoms with Crippen molar-refractivity contribution in [3.63, 3.8) is 0 Å². The number of carbonyl (C=O) groups is 3. The summed E-state index contributed by atoms with van der Waals surface area (Å²) in [5.41, 5.74) is -0.0635. The largest absolute Gasteiger partial charge is 0.451 e. The first-order chi connectivity index (χ1) is 10.4. The SMILES string of the molecule is C[C@H](OC(=O)[C@@H]1CCC(=O)N1)C(=O)Nc1ccc(Cl)cc1F. The second kappa shape index (κ2) is 6.74. The molecule has 2 N–H and O–H groups in total. The van der Waals surface area contributed by atoms with Crippen LogP contribution in [0.1, 0.15) is 19.8 Å². The zero-order chi connectivity index (χ0) is 16.3. The smallest absolute Gasteiger partial charge is 0.329 e. The van der Waals surface area contributed by atoms with Crippen LogP contribution in [0.25, 0.3) is 0 Å². The van der Waals surface area contributed by atoms with Crippen LogP contribution < -0.4 is 10.6 Å². The molecule has 2 amide bonds. The second-order valence-electron chi connectivity index (χ2n) is 4.85. The van der Waals surface area contributed by atoms with Gasteiger partial charge in [-0.1, -0.05) is 11.6 Å². The zero-order valence-corrected chi connectivity index (χ0v) is 12.4. The van der Waals surface area contributed by atoms with E-state index >= 15 is 0 Å². The van der Waals surface area contributed by atoms with Crippen molar-refractivity contribution in [3.05, 3.63) is 29.0 Å². The molecule has 1 heterocycles. The molecule has 1 aliphatic rings. The fourth-order valence-electron chi connectivity index (χ4n) is 1.93. The molecular weight excluding hydrogens is 315 g/mol. The number of hydrogen-bond donors (Lipinski definition) is 2. The van der Waals surface area contributed by atoms with Crippen molar-refractivity contribution >= 4 is 35.1 Å². The summed E-state index contributed by atoms with van der Waals surface area (Å²) in [4.78, 5) is 34.7. The van der Waals surface area contributed by atoms with Crippen LogP contribution in [0.15, 0.2) is 18.2 Å². The molecule has 0 radical (unpaired) electrons. The highest BCUT2D eigenvalue weighted by Crippen LogP contribution is 2.19. The van der Waals surface area contributed by atoms with Gasteiger partial charge in [0.1, 0.15) is 11.9 Å². The Morgan fingerprint density at radius 1 is 1.50 bits per heavy atom. The summed E-state index contributed by atoms with van der Waals surface area (Å²) < 4.78 is 18.5. The summed E-state index contributed by atoms with van der Waals surface area (Å²) in [6, 6.07) is 3.05. The summed E-state index contributed by atoms with van der Waals surface area (Å²) in [7, 11) is 0. The van der Waals surface area contributed by atoms with Crippen molar-refractivity contribution in [1.29, 1.82) is 0 Å². The van der Waals surface area contributed by atoms with Crippen molar-refractivity contribution in [1.82, 2.24) is 5.32 Å². The van der Waals surface area contributed by atoms with E-state index in [0.29, 0.717) is 6.42 Å². The molecule has 0 spiro atoms. The molecule has 1 fully saturated rings. The molecule has 1 aromatic rings. The van der Waals surface area contributed by atoms with Gasteiger partial charge < -0.3 is 15.4 Å². The number of nitrogens with one attached hydrogen (secondary N) is 2. The van der Waals surface area contributed by atoms with E-state index < -0.39 is 29.8 Å². The van der Waals surface area contributed by atoms with Gasteiger partial charge in [-0.05, 0) is 31.5 Å². The van der Waals surface area contributed by atoms with E-state index in [1.54, 1.807) is 0 Å². The topological polar surface area (TPSA) is 84.5 Å². The van der Waals surface area contributed by atoms with Crippen LogP contribution >= 0.6 is 11.6 Å². The number of esters is 1. The predicted molar refractivity (Wildman–Crippen MR) is 76.8 cm³/mol. The van der Waals surface area contributed by atoms with E-state index in [2.05, 4.69) is 10.6 Å². The molecule has 6 nitrogen and oxygen atoms in total. The molecule has 0 saturated carbocycles. The molecule has 0 bridgehead atoms. The van der Waals surface area contributed by atoms with Crippen molar-refractivity contribution in [2.24, 2.45) is 0 Å². The molecule has 8 heteroatoms. The lowest BCUT2D eigenvalue weighted by Crippen LogP contribution is -2.39. The van der Waals surface area contributed by atoms with Crippen LogP contribution in [0.3, 0.4) is 0 Å². The molecule has 0 unspecified atom stereocenters. The molecule has 1 saturated heterocycles. The summed E-state index contributed by atoms with van der Waals surface area (Å²) in [5.74, 6) is -2.30. The Morgan fingerprint density at radius 3 is 2.82 bits per heavy atom. The average Bonchev–Trinajstić information content (AvgIpc) is 2.88. The Morgan fingerprint density at radius 2 is 2.23 bits per heavy atom. The first-order valence-corrected chi connectivity index (χ1v) is 7.00. The van der Waals surface area contributed by atoms with E-state index in [0.717, 1.165) is 6.07 Å². The minimum absolute atomic E-state index is 0.0635. The Hall–Kier alpha value is -2.15. The van der Waals surface area contributed by atoms with Crippen molar-refractivity contribution in [3.8, 4) is 0 Å². The zero-order valence-electron chi connectivity index (χ0n) is 11.7. The van der Waals surface area contributed by atoms with Crippen LogP contribution in [0.4, 0.5) is 10.1 Å². The molecule has 1 aromatic carbocycles. The molecule has 1 aliphatic heterocycles. The maximum atomic E-state index is 13.6. The summed E-state index contributed by atoms with van der Waals surface area (Å²) in [5, 5.41) is 4.95. The van der Waals surface area contributed by atoms with E-state index in [1.807, 2.05) is 0 Å². The van der Waals surface area contributed by atoms with Crippen LogP contribution in [-0.4, -0.2) is 29.9 Å². The van der Waals surface area contributed by atoms with Gasteiger partial charge in [0.05, 0.1) is 5.69 Å². The fraction of sp³-hybridized carbons (Fsp3) is 0.357. The van der Waals surface area contributed by atoms with Gasteiger partial charge in [0.25, 0.3) is 5.91 Å². The third kappa shape index (κ3) is 3.94. The van der Waals surface area contributed by atoms with Crippen molar-refractivity contribution < 1.29 is 23.5 Å². The number of amides is 2. The van der Waals surface area contributed by atoms with Gasteiger partial charge in [-0.25, -0.2) is 9.18 Å². The number of carbonyl (C=O) groups excluding carboxylic acids is 3. The van der Waals surface area contributed by atoms with E-state index in [4.69, 9.17) is 16.3 Å². The van der Waals surface area contributed by atoms with Gasteiger partial charge in [-0.2, -0.15) is 0 Å². The summed E-state index contributed by atoms with van der Waals surface area (Å²) in [6.45, 7) is 1.36. The Bertz CT molecular complexity index is 623. The number of hydrogen-bond acceptors (Lipinski definition) is 4. The maximum Gasteiger partial charge on any atom is 0.329 e. The number of anilines is 1. The van der Waals surface area contributed by atoms with Crippen LogP contribution in [-0.2, 0) is 19.1 Å². The first kappa shape index (κ1) is 16.2. The fourth-order valence-corrected chi connectivity index (χ4v) is 2.08. The number of ether oxygens (including phenoxy) is 1. The standard InChI is InChI=1S/C14H14ClFN2O4/c1-7(22-14(21)11-4-5-12(19)17-11)13(20)18-10-3-2-8(15)6-9(10)16/h2-3,6-7,11H,4-5H2,1H3,(H,17,19)(H,18,20)/t7-,11-/m0/s1. The summed E-state index contributed by atoms with van der Waals surface area (Å²) >= 11 is 5.61. The number of benzene rings is 1. The highest BCUT2D eigenvalue weighted by Gasteiger charge is 2.30. The lowest BCUT2D eigenvalue weighted by atomic mass is 10.2. The number of halogens is 2. The van der Waals surface area contributed by atoms with E-state index in [9.17, 15) is 18.8 Å². The van der Waals surface area contributed by atoms with Gasteiger partial charge in [-0.3, -0.25) is 9.59 Å². The minimum Gasteiger partial charge on any atom is -0.451 e. The number of rotatable bonds is 4. The highest BCUT2D eigenvalue weighted by molar-refractivity contribution is 6.30. The third-order valence-corrected chi connectivity index (χ3v) is 3.37. The maximum absolute atomic E-state index is 13.6. The van der Waals surface area contributed by atoms with Crippen LogP contribution in [0.2, 0.25) is 5.02 Å². The molecular formula is C14H14ClFN2O4. The van der Waals surface area contributed by atoms with Gasteiger partial charge in [0.15, 0.2) is 6.10 Å². The predicted octanol–water partition coefficient (Wildman–Crippen LogP) is 1.63. The molecule has 22 heavy (non-hydrogen) atoms. The quantitative estimate of drug-likeness (QED) is 0.823. The Kier molecular flexibility index (Phi) is 4.97. The Balaban J connectivity index is 1.91. The molecule has 2 rings (SSSR count). The molecule has 118 valence electrons. The lowest BCUT2D eigenvalue weighted by Gasteiger charge is -2.16. The van der Waals surface area contributed by atoms with Gasteiger partial charge in [-0.15, -0.1) is 0 Å². The monoisotopic (exact) mass is 328 g/mol. The van der Waals surface area contributed by atoms with Crippen LogP contribution in [0, 0.1) is 5.82 Å². The molecule has 2 atom stereocenters. The van der Waals surface area contributed by atoms with E-state index in [-0.39, 0.29) is 23.0 Å². The van der Waals surface area contributed by atoms with Gasteiger partial charge in [0, 0.05) is 11.4 Å². The lowest BCUT2D eigenvalue weighted by molar-refractivity contribution is -0.155. The van der Waals surface area contributed by atoms with E-state index in [1.165, 1.54) is 19.1 Å². The molecule has 0 aliphatic carbocycles.